The lowest BCUT2D eigenvalue weighted by atomic mass is 10.2. The number of nitrogens with zero attached hydrogens (tertiary/aromatic N) is 1. The topological polar surface area (TPSA) is 63.2 Å². The average molecular weight is 340 g/mol. The molecule has 1 amide bonds. The third-order valence-corrected chi connectivity index (χ3v) is 3.36. The summed E-state index contributed by atoms with van der Waals surface area (Å²) in [4.78, 5) is 16.3. The Morgan fingerprint density at radius 3 is 2.82 bits per heavy atom. The van der Waals surface area contributed by atoms with Crippen molar-refractivity contribution < 1.29 is 9.53 Å². The predicted octanol–water partition coefficient (Wildman–Crippen LogP) is 3.70. The summed E-state index contributed by atoms with van der Waals surface area (Å²) < 4.78 is 4.96. The van der Waals surface area contributed by atoms with Crippen LogP contribution < -0.4 is 10.6 Å². The monoisotopic (exact) mass is 339 g/mol. The number of carbonyl (C=O) groups is 1. The van der Waals surface area contributed by atoms with E-state index in [0.29, 0.717) is 34.4 Å². The maximum Gasteiger partial charge on any atom is 0.257 e. The van der Waals surface area contributed by atoms with Gasteiger partial charge in [0.15, 0.2) is 0 Å². The minimum absolute atomic E-state index is 0.299. The molecule has 7 heteroatoms. The Labute approximate surface area is 138 Å². The molecule has 0 saturated carbocycles. The number of rotatable bonds is 6. The number of nitrogens with one attached hydrogen (secondary N) is 2. The number of hydrogen-bond acceptors (Lipinski definition) is 4. The van der Waals surface area contributed by atoms with Crippen LogP contribution in [0.1, 0.15) is 10.4 Å². The minimum Gasteiger partial charge on any atom is -0.383 e. The summed E-state index contributed by atoms with van der Waals surface area (Å²) in [5.41, 5.74) is 1.66. The van der Waals surface area contributed by atoms with Crippen molar-refractivity contribution in [2.24, 2.45) is 0 Å². The summed E-state index contributed by atoms with van der Waals surface area (Å²) in [5, 5.41) is 6.73. The standard InChI is InChI=1S/C15H15Cl2N3O2/c1-22-5-4-19-12-6-10(8-18-9-12)15(21)20-14-3-2-11(16)7-13(14)17/h2-3,6-9,19H,4-5H2,1H3,(H,20,21). The first kappa shape index (κ1) is 16.5. The van der Waals surface area contributed by atoms with Crippen LogP contribution in [0.5, 0.6) is 0 Å². The maximum absolute atomic E-state index is 12.2. The van der Waals surface area contributed by atoms with Crippen LogP contribution in [-0.4, -0.2) is 31.2 Å². The quantitative estimate of drug-likeness (QED) is 0.787. The molecule has 0 fully saturated rings. The molecular formula is C15H15Cl2N3O2. The van der Waals surface area contributed by atoms with Crippen molar-refractivity contribution in [2.75, 3.05) is 30.9 Å². The van der Waals surface area contributed by atoms with Crippen molar-refractivity contribution in [3.8, 4) is 0 Å². The lowest BCUT2D eigenvalue weighted by Crippen LogP contribution is -2.14. The van der Waals surface area contributed by atoms with Crippen LogP contribution in [0.25, 0.3) is 0 Å². The predicted molar refractivity (Wildman–Crippen MR) is 89.0 cm³/mol. The molecular weight excluding hydrogens is 325 g/mol. The highest BCUT2D eigenvalue weighted by molar-refractivity contribution is 6.36. The van der Waals surface area contributed by atoms with Crippen molar-refractivity contribution in [3.05, 3.63) is 52.3 Å². The Morgan fingerprint density at radius 2 is 2.09 bits per heavy atom. The molecule has 0 saturated heterocycles. The van der Waals surface area contributed by atoms with Crippen LogP contribution in [0.2, 0.25) is 10.0 Å². The minimum atomic E-state index is -0.299. The molecule has 1 heterocycles. The van der Waals surface area contributed by atoms with Crippen molar-refractivity contribution in [3.63, 3.8) is 0 Å². The number of methoxy groups -OCH3 is 1. The number of hydrogen-bond donors (Lipinski definition) is 2. The molecule has 0 bridgehead atoms. The number of amides is 1. The van der Waals surface area contributed by atoms with E-state index in [1.54, 1.807) is 37.6 Å². The van der Waals surface area contributed by atoms with E-state index in [4.69, 9.17) is 27.9 Å². The van der Waals surface area contributed by atoms with Gasteiger partial charge in [-0.15, -0.1) is 0 Å². The zero-order valence-electron chi connectivity index (χ0n) is 11.9. The summed E-state index contributed by atoms with van der Waals surface area (Å²) in [5.74, 6) is -0.299. The van der Waals surface area contributed by atoms with Crippen molar-refractivity contribution in [2.45, 2.75) is 0 Å². The second-order valence-corrected chi connectivity index (χ2v) is 5.30. The first-order chi connectivity index (χ1) is 10.6. The molecule has 0 atom stereocenters. The first-order valence-electron chi connectivity index (χ1n) is 6.54. The van der Waals surface area contributed by atoms with E-state index in [-0.39, 0.29) is 5.91 Å². The van der Waals surface area contributed by atoms with Crippen LogP contribution in [0, 0.1) is 0 Å². The van der Waals surface area contributed by atoms with E-state index in [1.165, 1.54) is 6.20 Å². The highest BCUT2D eigenvalue weighted by atomic mass is 35.5. The number of ether oxygens (including phenoxy) is 1. The van der Waals surface area contributed by atoms with Gasteiger partial charge in [0, 0.05) is 31.1 Å². The molecule has 22 heavy (non-hydrogen) atoms. The molecule has 0 aliphatic heterocycles. The number of anilines is 2. The molecule has 1 aromatic carbocycles. The molecule has 2 rings (SSSR count). The van der Waals surface area contributed by atoms with Crippen LogP contribution in [0.15, 0.2) is 36.7 Å². The second kappa shape index (κ2) is 7.98. The van der Waals surface area contributed by atoms with E-state index in [0.717, 1.165) is 5.69 Å². The molecule has 116 valence electrons. The molecule has 1 aromatic heterocycles. The number of benzene rings is 1. The Kier molecular flexibility index (Phi) is 6.00. The van der Waals surface area contributed by atoms with Gasteiger partial charge in [-0.3, -0.25) is 9.78 Å². The molecule has 0 radical (unpaired) electrons. The fourth-order valence-electron chi connectivity index (χ4n) is 1.74. The molecule has 0 aliphatic rings. The Hall–Kier alpha value is -1.82. The summed E-state index contributed by atoms with van der Waals surface area (Å²) >= 11 is 11.9. The molecule has 2 N–H and O–H groups in total. The SMILES string of the molecule is COCCNc1cncc(C(=O)Nc2ccc(Cl)cc2Cl)c1. The van der Waals surface area contributed by atoms with Gasteiger partial charge in [0.1, 0.15) is 0 Å². The zero-order chi connectivity index (χ0) is 15.9. The fraction of sp³-hybridized carbons (Fsp3) is 0.200. The van der Waals surface area contributed by atoms with E-state index in [9.17, 15) is 4.79 Å². The van der Waals surface area contributed by atoms with Gasteiger partial charge < -0.3 is 15.4 Å². The van der Waals surface area contributed by atoms with Crippen molar-refractivity contribution >= 4 is 40.5 Å². The summed E-state index contributed by atoms with van der Waals surface area (Å²) in [6.07, 6.45) is 3.13. The fourth-order valence-corrected chi connectivity index (χ4v) is 2.20. The van der Waals surface area contributed by atoms with Gasteiger partial charge in [-0.05, 0) is 24.3 Å². The molecule has 2 aromatic rings. The van der Waals surface area contributed by atoms with Gasteiger partial charge in [-0.2, -0.15) is 0 Å². The number of carbonyl (C=O) groups excluding carboxylic acids is 1. The van der Waals surface area contributed by atoms with Gasteiger partial charge in [-0.1, -0.05) is 23.2 Å². The largest absolute Gasteiger partial charge is 0.383 e. The van der Waals surface area contributed by atoms with Crippen molar-refractivity contribution in [1.82, 2.24) is 4.98 Å². The van der Waals surface area contributed by atoms with E-state index in [2.05, 4.69) is 15.6 Å². The molecule has 0 spiro atoms. The lowest BCUT2D eigenvalue weighted by Gasteiger charge is -2.09. The van der Waals surface area contributed by atoms with Gasteiger partial charge in [0.2, 0.25) is 0 Å². The smallest absolute Gasteiger partial charge is 0.257 e. The number of pyridine rings is 1. The van der Waals surface area contributed by atoms with E-state index in [1.807, 2.05) is 0 Å². The Bertz CT molecular complexity index is 665. The number of halogens is 2. The lowest BCUT2D eigenvalue weighted by molar-refractivity contribution is 0.102. The second-order valence-electron chi connectivity index (χ2n) is 4.46. The number of aromatic nitrogens is 1. The van der Waals surface area contributed by atoms with Gasteiger partial charge in [0.25, 0.3) is 5.91 Å². The van der Waals surface area contributed by atoms with Gasteiger partial charge in [-0.25, -0.2) is 0 Å². The maximum atomic E-state index is 12.2. The van der Waals surface area contributed by atoms with Gasteiger partial charge >= 0.3 is 0 Å². The zero-order valence-corrected chi connectivity index (χ0v) is 13.4. The molecule has 0 unspecified atom stereocenters. The van der Waals surface area contributed by atoms with Crippen molar-refractivity contribution in [1.29, 1.82) is 0 Å². The van der Waals surface area contributed by atoms with E-state index >= 15 is 0 Å². The van der Waals surface area contributed by atoms with Crippen LogP contribution in [0.4, 0.5) is 11.4 Å². The summed E-state index contributed by atoms with van der Waals surface area (Å²) in [6, 6.07) is 6.59. The van der Waals surface area contributed by atoms with E-state index < -0.39 is 0 Å². The van der Waals surface area contributed by atoms with Crippen LogP contribution in [0.3, 0.4) is 0 Å². The normalized spacial score (nSPS) is 10.3. The molecule has 5 nitrogen and oxygen atoms in total. The van der Waals surface area contributed by atoms with Crippen LogP contribution in [-0.2, 0) is 4.74 Å². The Balaban J connectivity index is 2.07. The summed E-state index contributed by atoms with van der Waals surface area (Å²) in [7, 11) is 1.62. The van der Waals surface area contributed by atoms with Gasteiger partial charge in [0.05, 0.1) is 28.6 Å². The highest BCUT2D eigenvalue weighted by Gasteiger charge is 2.10. The van der Waals surface area contributed by atoms with Crippen LogP contribution >= 0.6 is 23.2 Å². The first-order valence-corrected chi connectivity index (χ1v) is 7.30. The third kappa shape index (κ3) is 4.59. The summed E-state index contributed by atoms with van der Waals surface area (Å²) in [6.45, 7) is 1.20. The third-order valence-electron chi connectivity index (χ3n) is 2.82. The average Bonchev–Trinajstić information content (AvgIpc) is 2.50. The Morgan fingerprint density at radius 1 is 1.27 bits per heavy atom. The highest BCUT2D eigenvalue weighted by Crippen LogP contribution is 2.25. The molecule has 0 aliphatic carbocycles.